The minimum absolute atomic E-state index is 0.448. The van der Waals surface area contributed by atoms with Gasteiger partial charge in [0.05, 0.1) is 12.2 Å². The lowest BCUT2D eigenvalue weighted by molar-refractivity contribution is 0.337. The summed E-state index contributed by atoms with van der Waals surface area (Å²) in [5.74, 6) is 1.51. The van der Waals surface area contributed by atoms with Crippen LogP contribution in [0.1, 0.15) is 42.8 Å². The van der Waals surface area contributed by atoms with Crippen molar-refractivity contribution in [2.75, 3.05) is 13.1 Å². The third-order valence-electron chi connectivity index (χ3n) is 5.43. The molecular weight excluding hydrogens is 312 g/mol. The second kappa shape index (κ2) is 6.11. The van der Waals surface area contributed by atoms with E-state index in [2.05, 4.69) is 67.9 Å². The van der Waals surface area contributed by atoms with E-state index < -0.39 is 0 Å². The fourth-order valence-corrected chi connectivity index (χ4v) is 3.96. The third-order valence-corrected chi connectivity index (χ3v) is 5.43. The smallest absolute Gasteiger partial charge is 0.162 e. The largest absolute Gasteiger partial charge is 0.326 e. The molecule has 3 aromatic rings. The lowest BCUT2D eigenvalue weighted by atomic mass is 10.1. The van der Waals surface area contributed by atoms with E-state index in [0.29, 0.717) is 18.0 Å². The Bertz CT molecular complexity index is 846. The molecule has 1 aliphatic carbocycles. The van der Waals surface area contributed by atoms with Crippen LogP contribution in [0.15, 0.2) is 48.9 Å². The van der Waals surface area contributed by atoms with E-state index in [9.17, 15) is 0 Å². The Labute approximate surface area is 146 Å². The molecule has 2 fully saturated rings. The molecule has 5 rings (SSSR count). The van der Waals surface area contributed by atoms with Gasteiger partial charge in [0.2, 0.25) is 0 Å². The Hall–Kier alpha value is -2.47. The van der Waals surface area contributed by atoms with Crippen LogP contribution in [0.25, 0.3) is 11.5 Å². The standard InChI is InChI=1S/C19H22N6/c1-2-4-14(5-3-1)16-12-18(16)24-11-10-21-19(24)17-13-25(23-22-17)15-6-8-20-9-7-15/h1-5,10-11,13,15-16,18,20H,6-9,12H2/t16-,18+/m0/s1. The van der Waals surface area contributed by atoms with E-state index in [0.717, 1.165) is 43.9 Å². The second-order valence-electron chi connectivity index (χ2n) is 7.04. The monoisotopic (exact) mass is 334 g/mol. The number of imidazole rings is 1. The van der Waals surface area contributed by atoms with Crippen molar-refractivity contribution < 1.29 is 0 Å². The van der Waals surface area contributed by atoms with Gasteiger partial charge in [0.1, 0.15) is 5.69 Å². The van der Waals surface area contributed by atoms with Crippen molar-refractivity contribution in [3.05, 3.63) is 54.5 Å². The van der Waals surface area contributed by atoms with E-state index in [4.69, 9.17) is 0 Å². The normalized spacial score (nSPS) is 23.7. The Balaban J connectivity index is 1.38. The summed E-state index contributed by atoms with van der Waals surface area (Å²) in [5, 5.41) is 12.2. The highest BCUT2D eigenvalue weighted by Gasteiger charge is 2.41. The SMILES string of the molecule is c1ccc([C@@H]2C[C@H]2n2ccnc2-c2cn(C3CCNCC3)nn2)cc1. The summed E-state index contributed by atoms with van der Waals surface area (Å²) >= 11 is 0. The van der Waals surface area contributed by atoms with Crippen molar-refractivity contribution in [3.8, 4) is 11.5 Å². The molecule has 25 heavy (non-hydrogen) atoms. The maximum Gasteiger partial charge on any atom is 0.162 e. The molecule has 1 N–H and O–H groups in total. The molecule has 0 spiro atoms. The molecule has 6 heteroatoms. The summed E-state index contributed by atoms with van der Waals surface area (Å²) in [5.41, 5.74) is 2.28. The van der Waals surface area contributed by atoms with Gasteiger partial charge < -0.3 is 9.88 Å². The number of aromatic nitrogens is 5. The van der Waals surface area contributed by atoms with Crippen molar-refractivity contribution in [3.63, 3.8) is 0 Å². The Morgan fingerprint density at radius 2 is 1.92 bits per heavy atom. The van der Waals surface area contributed by atoms with Crippen molar-refractivity contribution in [1.29, 1.82) is 0 Å². The molecule has 0 unspecified atom stereocenters. The highest BCUT2D eigenvalue weighted by atomic mass is 15.4. The van der Waals surface area contributed by atoms with Crippen LogP contribution in [-0.2, 0) is 0 Å². The molecule has 1 aliphatic heterocycles. The molecule has 2 aromatic heterocycles. The quantitative estimate of drug-likeness (QED) is 0.797. The maximum atomic E-state index is 4.57. The summed E-state index contributed by atoms with van der Waals surface area (Å²) in [6.45, 7) is 2.10. The number of piperidine rings is 1. The molecule has 3 heterocycles. The van der Waals surface area contributed by atoms with E-state index in [-0.39, 0.29) is 0 Å². The van der Waals surface area contributed by atoms with Gasteiger partial charge in [-0.3, -0.25) is 0 Å². The number of benzene rings is 1. The average Bonchev–Trinajstić information content (AvgIpc) is 3.08. The van der Waals surface area contributed by atoms with Gasteiger partial charge in [-0.25, -0.2) is 9.67 Å². The van der Waals surface area contributed by atoms with Crippen LogP contribution in [0.5, 0.6) is 0 Å². The van der Waals surface area contributed by atoms with Gasteiger partial charge in [-0.15, -0.1) is 5.10 Å². The van der Waals surface area contributed by atoms with Gasteiger partial charge in [0.25, 0.3) is 0 Å². The summed E-state index contributed by atoms with van der Waals surface area (Å²) in [7, 11) is 0. The summed E-state index contributed by atoms with van der Waals surface area (Å²) in [6, 6.07) is 11.7. The molecule has 0 bridgehead atoms. The molecule has 0 radical (unpaired) electrons. The lowest BCUT2D eigenvalue weighted by Gasteiger charge is -2.22. The predicted octanol–water partition coefficient (Wildman–Crippen LogP) is 2.79. The van der Waals surface area contributed by atoms with Crippen LogP contribution < -0.4 is 5.32 Å². The van der Waals surface area contributed by atoms with Gasteiger partial charge >= 0.3 is 0 Å². The van der Waals surface area contributed by atoms with Crippen LogP contribution in [0.2, 0.25) is 0 Å². The molecular formula is C19H22N6. The van der Waals surface area contributed by atoms with E-state index in [1.54, 1.807) is 0 Å². The van der Waals surface area contributed by atoms with E-state index in [1.165, 1.54) is 5.56 Å². The van der Waals surface area contributed by atoms with Crippen molar-refractivity contribution in [2.45, 2.75) is 37.3 Å². The van der Waals surface area contributed by atoms with Crippen LogP contribution in [0, 0.1) is 0 Å². The maximum absolute atomic E-state index is 4.57. The Morgan fingerprint density at radius 3 is 2.76 bits per heavy atom. The molecule has 128 valence electrons. The molecule has 2 aliphatic rings. The molecule has 1 aromatic carbocycles. The Kier molecular flexibility index (Phi) is 3.63. The minimum atomic E-state index is 0.448. The lowest BCUT2D eigenvalue weighted by Crippen LogP contribution is -2.29. The molecule has 6 nitrogen and oxygen atoms in total. The van der Waals surface area contributed by atoms with Crippen LogP contribution in [-0.4, -0.2) is 37.6 Å². The number of rotatable bonds is 4. The van der Waals surface area contributed by atoms with Gasteiger partial charge in [0, 0.05) is 24.4 Å². The minimum Gasteiger partial charge on any atom is -0.326 e. The number of nitrogens with zero attached hydrogens (tertiary/aromatic N) is 5. The third kappa shape index (κ3) is 2.76. The first-order chi connectivity index (χ1) is 12.4. The molecule has 2 atom stereocenters. The summed E-state index contributed by atoms with van der Waals surface area (Å²) in [6.07, 6.45) is 9.39. The van der Waals surface area contributed by atoms with Crippen molar-refractivity contribution in [2.24, 2.45) is 0 Å². The zero-order chi connectivity index (χ0) is 16.6. The first kappa shape index (κ1) is 14.8. The van der Waals surface area contributed by atoms with Gasteiger partial charge in [-0.2, -0.15) is 0 Å². The highest BCUT2D eigenvalue weighted by molar-refractivity contribution is 5.48. The van der Waals surface area contributed by atoms with Crippen LogP contribution in [0.4, 0.5) is 0 Å². The van der Waals surface area contributed by atoms with Crippen molar-refractivity contribution >= 4 is 0 Å². The van der Waals surface area contributed by atoms with Crippen molar-refractivity contribution in [1.82, 2.24) is 29.9 Å². The second-order valence-corrected chi connectivity index (χ2v) is 7.04. The number of hydrogen-bond donors (Lipinski definition) is 1. The topological polar surface area (TPSA) is 60.6 Å². The highest BCUT2D eigenvalue weighted by Crippen LogP contribution is 2.52. The van der Waals surface area contributed by atoms with E-state index in [1.807, 2.05) is 10.9 Å². The summed E-state index contributed by atoms with van der Waals surface area (Å²) < 4.78 is 4.30. The molecule has 1 saturated heterocycles. The fraction of sp³-hybridized carbons (Fsp3) is 0.421. The van der Waals surface area contributed by atoms with Crippen LogP contribution >= 0.6 is 0 Å². The number of nitrogens with one attached hydrogen (secondary N) is 1. The zero-order valence-electron chi connectivity index (χ0n) is 14.1. The molecule has 0 amide bonds. The predicted molar refractivity (Wildman–Crippen MR) is 95.2 cm³/mol. The van der Waals surface area contributed by atoms with Gasteiger partial charge in [-0.1, -0.05) is 35.5 Å². The Morgan fingerprint density at radius 1 is 1.08 bits per heavy atom. The number of hydrogen-bond acceptors (Lipinski definition) is 4. The first-order valence-corrected chi connectivity index (χ1v) is 9.11. The van der Waals surface area contributed by atoms with Gasteiger partial charge in [-0.05, 0) is 37.9 Å². The first-order valence-electron chi connectivity index (χ1n) is 9.11. The van der Waals surface area contributed by atoms with Gasteiger partial charge in [0.15, 0.2) is 5.82 Å². The van der Waals surface area contributed by atoms with Crippen LogP contribution in [0.3, 0.4) is 0 Å². The fourth-order valence-electron chi connectivity index (χ4n) is 3.96. The summed E-state index contributed by atoms with van der Waals surface area (Å²) in [4.78, 5) is 4.57. The zero-order valence-corrected chi connectivity index (χ0v) is 14.1. The van der Waals surface area contributed by atoms with E-state index >= 15 is 0 Å². The molecule has 1 saturated carbocycles. The average molecular weight is 334 g/mol.